The summed E-state index contributed by atoms with van der Waals surface area (Å²) in [6.45, 7) is 5.24. The third-order valence-corrected chi connectivity index (χ3v) is 8.99. The van der Waals surface area contributed by atoms with Gasteiger partial charge >= 0.3 is 0 Å². The highest BCUT2D eigenvalue weighted by Crippen LogP contribution is 2.31. The van der Waals surface area contributed by atoms with Crippen LogP contribution in [0.1, 0.15) is 24.3 Å². The largest absolute Gasteiger partial charge is 0.495 e. The van der Waals surface area contributed by atoms with Crippen LogP contribution in [-0.4, -0.2) is 80.2 Å². The number of sulfonamides is 1. The maximum Gasteiger partial charge on any atom is 0.243 e. The van der Waals surface area contributed by atoms with Crippen molar-refractivity contribution >= 4 is 21.6 Å². The van der Waals surface area contributed by atoms with Crippen LogP contribution >= 0.6 is 0 Å². The average Bonchev–Trinajstić information content (AvgIpc) is 3.42. The summed E-state index contributed by atoms with van der Waals surface area (Å²) < 4.78 is 43.7. The SMILES string of the molecule is COc1ccc(S(=O)(=O)N2CCOCC2)cc1NC(=O)C1CCN(Cc2nc(-c3cccc(C)c3)no2)CC1. The molecule has 208 valence electrons. The number of benzene rings is 2. The Bertz CT molecular complexity index is 1410. The Morgan fingerprint density at radius 2 is 1.87 bits per heavy atom. The highest BCUT2D eigenvalue weighted by Gasteiger charge is 2.29. The second-order valence-electron chi connectivity index (χ2n) is 9.80. The molecule has 0 saturated carbocycles. The van der Waals surface area contributed by atoms with E-state index in [-0.39, 0.29) is 16.7 Å². The third kappa shape index (κ3) is 6.30. The van der Waals surface area contributed by atoms with E-state index >= 15 is 0 Å². The van der Waals surface area contributed by atoms with Gasteiger partial charge in [0, 0.05) is 24.6 Å². The van der Waals surface area contributed by atoms with Gasteiger partial charge in [-0.3, -0.25) is 9.69 Å². The minimum Gasteiger partial charge on any atom is -0.495 e. The Hall–Kier alpha value is -3.32. The molecule has 0 radical (unpaired) electrons. The molecule has 39 heavy (non-hydrogen) atoms. The second-order valence-corrected chi connectivity index (χ2v) is 11.7. The Kier molecular flexibility index (Phi) is 8.26. The number of anilines is 1. The van der Waals surface area contributed by atoms with Crippen LogP contribution in [0.15, 0.2) is 51.9 Å². The van der Waals surface area contributed by atoms with Crippen LogP contribution in [0.3, 0.4) is 0 Å². The van der Waals surface area contributed by atoms with Crippen molar-refractivity contribution in [3.8, 4) is 17.1 Å². The third-order valence-electron chi connectivity index (χ3n) is 7.10. The number of piperidine rings is 1. The zero-order valence-corrected chi connectivity index (χ0v) is 22.9. The molecule has 1 N–H and O–H groups in total. The van der Waals surface area contributed by atoms with Gasteiger partial charge in [0.05, 0.1) is 37.5 Å². The van der Waals surface area contributed by atoms with Crippen LogP contribution in [0.2, 0.25) is 0 Å². The highest BCUT2D eigenvalue weighted by molar-refractivity contribution is 7.89. The van der Waals surface area contributed by atoms with Crippen molar-refractivity contribution in [1.29, 1.82) is 0 Å². The summed E-state index contributed by atoms with van der Waals surface area (Å²) in [6.07, 6.45) is 1.30. The fourth-order valence-corrected chi connectivity index (χ4v) is 6.32. The lowest BCUT2D eigenvalue weighted by Gasteiger charge is -2.30. The Balaban J connectivity index is 1.19. The van der Waals surface area contributed by atoms with E-state index in [1.54, 1.807) is 6.07 Å². The van der Waals surface area contributed by atoms with Crippen LogP contribution in [0.4, 0.5) is 5.69 Å². The molecule has 0 unspecified atom stereocenters. The summed E-state index contributed by atoms with van der Waals surface area (Å²) in [5.74, 6) is 1.14. The zero-order valence-electron chi connectivity index (χ0n) is 22.1. The predicted molar refractivity (Wildman–Crippen MR) is 144 cm³/mol. The molecule has 0 aliphatic carbocycles. The monoisotopic (exact) mass is 555 g/mol. The predicted octanol–water partition coefficient (Wildman–Crippen LogP) is 2.93. The maximum absolute atomic E-state index is 13.1. The van der Waals surface area contributed by atoms with Crippen molar-refractivity contribution in [3.05, 3.63) is 53.9 Å². The highest BCUT2D eigenvalue weighted by atomic mass is 32.2. The standard InChI is InChI=1S/C27H33N5O6S/c1-19-4-3-5-21(16-19)26-29-25(38-30-26)18-31-10-8-20(9-11-31)27(33)28-23-17-22(6-7-24(23)36-2)39(34,35)32-12-14-37-15-13-32/h3-7,16-17,20H,8-15,18H2,1-2H3,(H,28,33). The average molecular weight is 556 g/mol. The second kappa shape index (κ2) is 11.8. The number of morpholine rings is 1. The van der Waals surface area contributed by atoms with Gasteiger partial charge in [-0.15, -0.1) is 0 Å². The number of nitrogens with zero attached hydrogens (tertiary/aromatic N) is 4. The summed E-state index contributed by atoms with van der Waals surface area (Å²) in [5, 5.41) is 7.02. The summed E-state index contributed by atoms with van der Waals surface area (Å²) >= 11 is 0. The number of carbonyl (C=O) groups is 1. The van der Waals surface area contributed by atoms with Crippen molar-refractivity contribution in [2.45, 2.75) is 31.2 Å². The van der Waals surface area contributed by atoms with Gasteiger partial charge in [0.25, 0.3) is 0 Å². The Labute approximate surface area is 228 Å². The molecule has 3 heterocycles. The lowest BCUT2D eigenvalue weighted by Crippen LogP contribution is -2.40. The van der Waals surface area contributed by atoms with Gasteiger partial charge in [-0.1, -0.05) is 28.9 Å². The van der Waals surface area contributed by atoms with Crippen molar-refractivity contribution < 1.29 is 27.2 Å². The fraction of sp³-hybridized carbons (Fsp3) is 0.444. The molecular weight excluding hydrogens is 522 g/mol. The number of hydrogen-bond donors (Lipinski definition) is 1. The number of amides is 1. The van der Waals surface area contributed by atoms with E-state index in [0.29, 0.717) is 81.9 Å². The molecule has 0 spiro atoms. The summed E-state index contributed by atoms with van der Waals surface area (Å²) in [6, 6.07) is 12.5. The molecule has 1 amide bonds. The topological polar surface area (TPSA) is 127 Å². The van der Waals surface area contributed by atoms with Crippen LogP contribution in [-0.2, 0) is 26.1 Å². The smallest absolute Gasteiger partial charge is 0.243 e. The van der Waals surface area contributed by atoms with Gasteiger partial charge in [0.15, 0.2) is 0 Å². The first-order chi connectivity index (χ1) is 18.8. The molecule has 12 heteroatoms. The quantitative estimate of drug-likeness (QED) is 0.446. The van der Waals surface area contributed by atoms with Gasteiger partial charge in [-0.25, -0.2) is 8.42 Å². The number of rotatable bonds is 8. The Morgan fingerprint density at radius 3 is 2.59 bits per heavy atom. The lowest BCUT2D eigenvalue weighted by molar-refractivity contribution is -0.121. The fourth-order valence-electron chi connectivity index (χ4n) is 4.88. The number of nitrogens with one attached hydrogen (secondary N) is 1. The van der Waals surface area contributed by atoms with Crippen molar-refractivity contribution in [1.82, 2.24) is 19.3 Å². The van der Waals surface area contributed by atoms with Crippen molar-refractivity contribution in [2.24, 2.45) is 5.92 Å². The molecule has 0 atom stereocenters. The van der Waals surface area contributed by atoms with Crippen LogP contribution in [0, 0.1) is 12.8 Å². The van der Waals surface area contributed by atoms with Gasteiger partial charge in [0.1, 0.15) is 5.75 Å². The number of aromatic nitrogens is 2. The van der Waals surface area contributed by atoms with Crippen LogP contribution in [0.25, 0.3) is 11.4 Å². The normalized spacial score (nSPS) is 17.7. The minimum atomic E-state index is -3.71. The van der Waals surface area contributed by atoms with E-state index in [2.05, 4.69) is 20.4 Å². The summed E-state index contributed by atoms with van der Waals surface area (Å²) in [5.41, 5.74) is 2.38. The number of carbonyl (C=O) groups excluding carboxylic acids is 1. The molecule has 3 aromatic rings. The molecule has 2 fully saturated rings. The van der Waals surface area contributed by atoms with Gasteiger partial charge < -0.3 is 19.3 Å². The number of aryl methyl sites for hydroxylation is 1. The van der Waals surface area contributed by atoms with Crippen molar-refractivity contribution in [2.75, 3.05) is 51.8 Å². The van der Waals surface area contributed by atoms with Crippen molar-refractivity contribution in [3.63, 3.8) is 0 Å². The molecular formula is C27H33N5O6S. The summed E-state index contributed by atoms with van der Waals surface area (Å²) in [7, 11) is -2.22. The maximum atomic E-state index is 13.1. The number of hydrogen-bond acceptors (Lipinski definition) is 9. The molecule has 11 nitrogen and oxygen atoms in total. The van der Waals surface area contributed by atoms with Crippen LogP contribution < -0.4 is 10.1 Å². The molecule has 2 saturated heterocycles. The summed E-state index contributed by atoms with van der Waals surface area (Å²) in [4.78, 5) is 20.0. The van der Waals surface area contributed by atoms with Gasteiger partial charge in [-0.2, -0.15) is 9.29 Å². The number of methoxy groups -OCH3 is 1. The first-order valence-corrected chi connectivity index (χ1v) is 14.5. The molecule has 0 bridgehead atoms. The molecule has 2 aliphatic heterocycles. The molecule has 5 rings (SSSR count). The van der Waals surface area contributed by atoms with Gasteiger partial charge in [-0.05, 0) is 57.1 Å². The first kappa shape index (κ1) is 27.3. The molecule has 1 aromatic heterocycles. The van der Waals surface area contributed by atoms with E-state index < -0.39 is 10.0 Å². The number of likely N-dealkylation sites (tertiary alicyclic amines) is 1. The van der Waals surface area contributed by atoms with Crippen LogP contribution in [0.5, 0.6) is 5.75 Å². The molecule has 2 aliphatic rings. The Morgan fingerprint density at radius 1 is 1.10 bits per heavy atom. The van der Waals surface area contributed by atoms with E-state index in [4.69, 9.17) is 14.0 Å². The first-order valence-electron chi connectivity index (χ1n) is 13.0. The lowest BCUT2D eigenvalue weighted by atomic mass is 9.96. The van der Waals surface area contributed by atoms with E-state index in [0.717, 1.165) is 11.1 Å². The molecule has 2 aromatic carbocycles. The number of ether oxygens (including phenoxy) is 2. The zero-order chi connectivity index (χ0) is 27.4. The van der Waals surface area contributed by atoms with E-state index in [1.807, 2.05) is 31.2 Å². The minimum absolute atomic E-state index is 0.111. The van der Waals surface area contributed by atoms with Gasteiger partial charge in [0.2, 0.25) is 27.6 Å². The van der Waals surface area contributed by atoms with E-state index in [9.17, 15) is 13.2 Å². The van der Waals surface area contributed by atoms with E-state index in [1.165, 1.54) is 23.5 Å².